The van der Waals surface area contributed by atoms with Crippen LogP contribution in [-0.4, -0.2) is 40.2 Å². The van der Waals surface area contributed by atoms with Crippen LogP contribution in [0, 0.1) is 6.92 Å². The highest BCUT2D eigenvalue weighted by Crippen LogP contribution is 2.29. The first-order valence-corrected chi connectivity index (χ1v) is 9.43. The Hall–Kier alpha value is -3.07. The molecule has 2 aromatic heterocycles. The quantitative estimate of drug-likeness (QED) is 0.561. The number of benzene rings is 1. The normalized spacial score (nSPS) is 12.8. The number of halogens is 3. The molecule has 0 spiro atoms. The maximum absolute atomic E-state index is 12.5. The van der Waals surface area contributed by atoms with Crippen LogP contribution in [0.2, 0.25) is 0 Å². The minimum Gasteiger partial charge on any atom is -0.389 e. The first-order chi connectivity index (χ1) is 14.1. The van der Waals surface area contributed by atoms with Crippen LogP contribution in [0.1, 0.15) is 40.9 Å². The standard InChI is InChI=1S/C21H23F3N4O2/c1-12-8-14(4-5-16(12)20(30)25-3)18-10-27-19-17(26-7-6-21(22,23)24)9-15(13(2)29)11-28(18)19/h4-5,8-11,13,26,29H,6-7H2,1-3H3,(H,25,30)/t13-/m0/s1. The minimum absolute atomic E-state index is 0.190. The van der Waals surface area contributed by atoms with E-state index in [1.54, 1.807) is 49.0 Å². The molecule has 1 amide bonds. The third-order valence-corrected chi connectivity index (χ3v) is 4.83. The topological polar surface area (TPSA) is 78.7 Å². The Morgan fingerprint density at radius 3 is 2.63 bits per heavy atom. The Bertz CT molecular complexity index is 1070. The summed E-state index contributed by atoms with van der Waals surface area (Å²) in [4.78, 5) is 16.3. The van der Waals surface area contributed by atoms with Gasteiger partial charge in [-0.05, 0) is 43.2 Å². The molecule has 0 aliphatic heterocycles. The van der Waals surface area contributed by atoms with Crippen molar-refractivity contribution in [1.82, 2.24) is 14.7 Å². The molecular weight excluding hydrogens is 397 g/mol. The van der Waals surface area contributed by atoms with Crippen molar-refractivity contribution in [2.45, 2.75) is 32.5 Å². The van der Waals surface area contributed by atoms with Crippen LogP contribution in [-0.2, 0) is 0 Å². The number of hydrogen-bond acceptors (Lipinski definition) is 4. The maximum atomic E-state index is 12.5. The molecule has 0 fully saturated rings. The lowest BCUT2D eigenvalue weighted by Gasteiger charge is -2.14. The molecule has 0 unspecified atom stereocenters. The highest BCUT2D eigenvalue weighted by Gasteiger charge is 2.26. The first kappa shape index (κ1) is 21.6. The second-order valence-corrected chi connectivity index (χ2v) is 7.10. The summed E-state index contributed by atoms with van der Waals surface area (Å²) in [5, 5.41) is 15.4. The predicted molar refractivity (Wildman–Crippen MR) is 109 cm³/mol. The largest absolute Gasteiger partial charge is 0.390 e. The number of carbonyl (C=O) groups excluding carboxylic acids is 1. The number of nitrogens with one attached hydrogen (secondary N) is 2. The average molecular weight is 420 g/mol. The molecule has 3 rings (SSSR count). The summed E-state index contributed by atoms with van der Waals surface area (Å²) in [6.45, 7) is 3.10. The lowest BCUT2D eigenvalue weighted by Crippen LogP contribution is -2.18. The number of aromatic nitrogens is 2. The third kappa shape index (κ3) is 4.56. The molecule has 2 heterocycles. The zero-order valence-corrected chi connectivity index (χ0v) is 16.8. The van der Waals surface area contributed by atoms with Crippen LogP contribution in [0.25, 0.3) is 16.9 Å². The summed E-state index contributed by atoms with van der Waals surface area (Å²) in [7, 11) is 1.56. The predicted octanol–water partition coefficient (Wildman–Crippen LogP) is 4.09. The van der Waals surface area contributed by atoms with Crippen molar-refractivity contribution in [2.24, 2.45) is 0 Å². The van der Waals surface area contributed by atoms with E-state index < -0.39 is 18.7 Å². The molecule has 3 N–H and O–H groups in total. The highest BCUT2D eigenvalue weighted by molar-refractivity contribution is 5.96. The second kappa shape index (κ2) is 8.35. The van der Waals surface area contributed by atoms with E-state index in [1.807, 2.05) is 13.0 Å². The Morgan fingerprint density at radius 2 is 2.03 bits per heavy atom. The Balaban J connectivity index is 2.05. The number of imidazole rings is 1. The van der Waals surface area contributed by atoms with Crippen LogP contribution in [0.5, 0.6) is 0 Å². The van der Waals surface area contributed by atoms with Crippen molar-refractivity contribution >= 4 is 17.2 Å². The summed E-state index contributed by atoms with van der Waals surface area (Å²) < 4.78 is 39.3. The van der Waals surface area contributed by atoms with Crippen molar-refractivity contribution < 1.29 is 23.1 Å². The van der Waals surface area contributed by atoms with E-state index in [0.29, 0.717) is 28.2 Å². The first-order valence-electron chi connectivity index (χ1n) is 9.43. The van der Waals surface area contributed by atoms with Gasteiger partial charge in [0.15, 0.2) is 5.65 Å². The average Bonchev–Trinajstić information content (AvgIpc) is 3.10. The van der Waals surface area contributed by atoms with Gasteiger partial charge in [-0.25, -0.2) is 4.98 Å². The summed E-state index contributed by atoms with van der Waals surface area (Å²) in [5.41, 5.74) is 4.20. The number of aliphatic hydroxyl groups is 1. The fraction of sp³-hybridized carbons (Fsp3) is 0.333. The van der Waals surface area contributed by atoms with Crippen molar-refractivity contribution in [3.8, 4) is 11.3 Å². The molecule has 6 nitrogen and oxygen atoms in total. The summed E-state index contributed by atoms with van der Waals surface area (Å²) >= 11 is 0. The zero-order valence-electron chi connectivity index (χ0n) is 16.8. The van der Waals surface area contributed by atoms with Gasteiger partial charge in [0.05, 0.1) is 30.1 Å². The van der Waals surface area contributed by atoms with Gasteiger partial charge >= 0.3 is 6.18 Å². The van der Waals surface area contributed by atoms with Crippen LogP contribution < -0.4 is 10.6 Å². The molecule has 0 saturated heterocycles. The van der Waals surface area contributed by atoms with Crippen molar-refractivity contribution in [3.63, 3.8) is 0 Å². The molecule has 3 aromatic rings. The van der Waals surface area contributed by atoms with Gasteiger partial charge in [0, 0.05) is 30.9 Å². The van der Waals surface area contributed by atoms with Gasteiger partial charge < -0.3 is 15.7 Å². The number of aryl methyl sites for hydroxylation is 1. The number of anilines is 1. The molecule has 0 aliphatic rings. The summed E-state index contributed by atoms with van der Waals surface area (Å²) in [6, 6.07) is 6.95. The Kier molecular flexibility index (Phi) is 6.02. The number of fused-ring (bicyclic) bond motifs is 1. The van der Waals surface area contributed by atoms with E-state index in [-0.39, 0.29) is 12.5 Å². The van der Waals surface area contributed by atoms with Gasteiger partial charge in [-0.3, -0.25) is 9.20 Å². The van der Waals surface area contributed by atoms with Crippen LogP contribution in [0.3, 0.4) is 0 Å². The molecular formula is C21H23F3N4O2. The van der Waals surface area contributed by atoms with Crippen molar-refractivity contribution in [3.05, 3.63) is 53.3 Å². The van der Waals surface area contributed by atoms with E-state index in [1.165, 1.54) is 0 Å². The number of carbonyl (C=O) groups is 1. The van der Waals surface area contributed by atoms with Crippen molar-refractivity contribution in [2.75, 3.05) is 18.9 Å². The number of alkyl halides is 3. The van der Waals surface area contributed by atoms with E-state index in [2.05, 4.69) is 15.6 Å². The number of rotatable bonds is 6. The fourth-order valence-electron chi connectivity index (χ4n) is 3.23. The van der Waals surface area contributed by atoms with Crippen molar-refractivity contribution in [1.29, 1.82) is 0 Å². The fourth-order valence-corrected chi connectivity index (χ4v) is 3.23. The molecule has 0 saturated carbocycles. The molecule has 1 aromatic carbocycles. The minimum atomic E-state index is -4.27. The summed E-state index contributed by atoms with van der Waals surface area (Å²) in [6.07, 6.45) is -2.74. The summed E-state index contributed by atoms with van der Waals surface area (Å²) in [5.74, 6) is -0.190. The molecule has 160 valence electrons. The molecule has 30 heavy (non-hydrogen) atoms. The van der Waals surface area contributed by atoms with E-state index >= 15 is 0 Å². The zero-order chi connectivity index (χ0) is 22.1. The number of nitrogens with zero attached hydrogens (tertiary/aromatic N) is 2. The molecule has 0 radical (unpaired) electrons. The third-order valence-electron chi connectivity index (χ3n) is 4.83. The number of hydrogen-bond donors (Lipinski definition) is 3. The molecule has 9 heteroatoms. The van der Waals surface area contributed by atoms with E-state index in [0.717, 1.165) is 11.1 Å². The van der Waals surface area contributed by atoms with Crippen LogP contribution >= 0.6 is 0 Å². The molecule has 0 bridgehead atoms. The second-order valence-electron chi connectivity index (χ2n) is 7.10. The van der Waals surface area contributed by atoms with Gasteiger partial charge in [0.25, 0.3) is 5.91 Å². The Labute approximate surface area is 171 Å². The van der Waals surface area contributed by atoms with Gasteiger partial charge in [-0.1, -0.05) is 6.07 Å². The highest BCUT2D eigenvalue weighted by atomic mass is 19.4. The van der Waals surface area contributed by atoms with E-state index in [9.17, 15) is 23.1 Å². The van der Waals surface area contributed by atoms with Gasteiger partial charge in [-0.2, -0.15) is 13.2 Å². The number of aliphatic hydroxyl groups excluding tert-OH is 1. The number of pyridine rings is 1. The smallest absolute Gasteiger partial charge is 0.389 e. The van der Waals surface area contributed by atoms with Gasteiger partial charge in [-0.15, -0.1) is 0 Å². The molecule has 1 atom stereocenters. The number of amides is 1. The van der Waals surface area contributed by atoms with Crippen LogP contribution in [0.4, 0.5) is 18.9 Å². The van der Waals surface area contributed by atoms with E-state index in [4.69, 9.17) is 0 Å². The van der Waals surface area contributed by atoms with Gasteiger partial charge in [0.2, 0.25) is 0 Å². The Morgan fingerprint density at radius 1 is 1.30 bits per heavy atom. The van der Waals surface area contributed by atoms with Crippen LogP contribution in [0.15, 0.2) is 36.7 Å². The lowest BCUT2D eigenvalue weighted by molar-refractivity contribution is -0.131. The SMILES string of the molecule is CNC(=O)c1ccc(-c2cnc3c(NCCC(F)(F)F)cc([C@H](C)O)cn23)cc1C. The monoisotopic (exact) mass is 420 g/mol. The maximum Gasteiger partial charge on any atom is 0.390 e. The molecule has 0 aliphatic carbocycles. The van der Waals surface area contributed by atoms with Gasteiger partial charge in [0.1, 0.15) is 0 Å². The lowest BCUT2D eigenvalue weighted by atomic mass is 10.0.